The molecule has 2 atom stereocenters. The third-order valence-electron chi connectivity index (χ3n) is 4.14. The SMILES string of the molecule is COCCSSCC(NC(=O)COC1=CC2=C(CC1)N=CCC2C=O)C(=O)O. The van der Waals surface area contributed by atoms with Crippen molar-refractivity contribution in [1.82, 2.24) is 5.32 Å². The number of carboxylic acids is 1. The Labute approximate surface area is 171 Å². The van der Waals surface area contributed by atoms with E-state index in [1.54, 1.807) is 19.4 Å². The Morgan fingerprint density at radius 1 is 1.43 bits per heavy atom. The van der Waals surface area contributed by atoms with E-state index in [2.05, 4.69) is 10.3 Å². The number of amides is 1. The third-order valence-corrected chi connectivity index (χ3v) is 6.52. The molecule has 2 N–H and O–H groups in total. The van der Waals surface area contributed by atoms with Crippen LogP contribution in [0.4, 0.5) is 0 Å². The molecule has 8 nitrogen and oxygen atoms in total. The van der Waals surface area contributed by atoms with Gasteiger partial charge in [0, 0.05) is 42.9 Å². The Balaban J connectivity index is 1.81. The van der Waals surface area contributed by atoms with E-state index in [1.165, 1.54) is 21.6 Å². The van der Waals surface area contributed by atoms with Gasteiger partial charge in [-0.05, 0) is 24.5 Å². The highest BCUT2D eigenvalue weighted by Crippen LogP contribution is 2.32. The van der Waals surface area contributed by atoms with Crippen LogP contribution in [0.1, 0.15) is 19.3 Å². The van der Waals surface area contributed by atoms with Gasteiger partial charge in [0.05, 0.1) is 12.4 Å². The van der Waals surface area contributed by atoms with Crippen molar-refractivity contribution in [3.63, 3.8) is 0 Å². The third kappa shape index (κ3) is 6.99. The zero-order valence-electron chi connectivity index (χ0n) is 15.6. The first kappa shape index (κ1) is 22.5. The largest absolute Gasteiger partial charge is 0.488 e. The predicted octanol–water partition coefficient (Wildman–Crippen LogP) is 1.82. The minimum absolute atomic E-state index is 0.232. The Bertz CT molecular complexity index is 677. The molecule has 28 heavy (non-hydrogen) atoms. The lowest BCUT2D eigenvalue weighted by atomic mass is 9.88. The Morgan fingerprint density at radius 3 is 2.96 bits per heavy atom. The highest BCUT2D eigenvalue weighted by Gasteiger charge is 2.24. The molecule has 0 radical (unpaired) electrons. The molecule has 1 amide bonds. The van der Waals surface area contributed by atoms with Crippen molar-refractivity contribution in [2.24, 2.45) is 10.9 Å². The molecular weight excluding hydrogens is 404 g/mol. The van der Waals surface area contributed by atoms with Crippen LogP contribution in [-0.4, -0.2) is 67.4 Å². The van der Waals surface area contributed by atoms with Crippen LogP contribution in [-0.2, 0) is 23.9 Å². The summed E-state index contributed by atoms with van der Waals surface area (Å²) < 4.78 is 10.5. The molecule has 0 aromatic heterocycles. The molecule has 0 spiro atoms. The molecule has 2 unspecified atom stereocenters. The number of nitrogens with one attached hydrogen (secondary N) is 1. The summed E-state index contributed by atoms with van der Waals surface area (Å²) in [5, 5.41) is 11.7. The average Bonchev–Trinajstić information content (AvgIpc) is 2.70. The minimum atomic E-state index is -1.09. The van der Waals surface area contributed by atoms with E-state index in [0.717, 1.165) is 23.3 Å². The molecule has 2 aliphatic rings. The summed E-state index contributed by atoms with van der Waals surface area (Å²) in [5.41, 5.74) is 1.72. The van der Waals surface area contributed by atoms with Gasteiger partial charge in [-0.15, -0.1) is 0 Å². The topological polar surface area (TPSA) is 114 Å². The summed E-state index contributed by atoms with van der Waals surface area (Å²) in [4.78, 5) is 39.0. The summed E-state index contributed by atoms with van der Waals surface area (Å²) >= 11 is 0. The van der Waals surface area contributed by atoms with Gasteiger partial charge in [0.15, 0.2) is 6.61 Å². The lowest BCUT2D eigenvalue weighted by Crippen LogP contribution is -2.44. The maximum Gasteiger partial charge on any atom is 0.327 e. The van der Waals surface area contributed by atoms with Crippen LogP contribution in [0.25, 0.3) is 0 Å². The highest BCUT2D eigenvalue weighted by molar-refractivity contribution is 8.76. The number of carboxylic acid groups (broad SMARTS) is 1. The molecule has 154 valence electrons. The fourth-order valence-electron chi connectivity index (χ4n) is 2.68. The van der Waals surface area contributed by atoms with Crippen LogP contribution in [0.2, 0.25) is 0 Å². The number of rotatable bonds is 12. The fourth-order valence-corrected chi connectivity index (χ4v) is 4.75. The van der Waals surface area contributed by atoms with Gasteiger partial charge in [-0.25, -0.2) is 4.79 Å². The van der Waals surface area contributed by atoms with Crippen molar-refractivity contribution < 1.29 is 29.0 Å². The number of allylic oxidation sites excluding steroid dienone is 4. The fraction of sp³-hybridized carbons (Fsp3) is 0.556. The molecule has 2 rings (SSSR count). The number of aldehydes is 1. The van der Waals surface area contributed by atoms with Gasteiger partial charge in [-0.3, -0.25) is 9.79 Å². The van der Waals surface area contributed by atoms with Crippen LogP contribution in [0.15, 0.2) is 28.1 Å². The smallest absolute Gasteiger partial charge is 0.327 e. The monoisotopic (exact) mass is 428 g/mol. The molecule has 1 aliphatic carbocycles. The molecular formula is C18H24N2O6S2. The van der Waals surface area contributed by atoms with Gasteiger partial charge in [0.2, 0.25) is 0 Å². The number of aliphatic carboxylic acids is 1. The first-order valence-electron chi connectivity index (χ1n) is 8.85. The van der Waals surface area contributed by atoms with Crippen molar-refractivity contribution in [1.29, 1.82) is 0 Å². The van der Waals surface area contributed by atoms with Crippen LogP contribution < -0.4 is 5.32 Å². The lowest BCUT2D eigenvalue weighted by molar-refractivity contribution is -0.141. The normalized spacial score (nSPS) is 19.5. The van der Waals surface area contributed by atoms with Gasteiger partial charge in [-0.1, -0.05) is 21.6 Å². The number of carbonyl (C=O) groups is 3. The summed E-state index contributed by atoms with van der Waals surface area (Å²) in [6.45, 7) is 0.313. The predicted molar refractivity (Wildman–Crippen MR) is 109 cm³/mol. The van der Waals surface area contributed by atoms with Gasteiger partial charge >= 0.3 is 5.97 Å². The van der Waals surface area contributed by atoms with Gasteiger partial charge < -0.3 is 24.7 Å². The number of hydrogen-bond acceptors (Lipinski definition) is 8. The Kier molecular flexibility index (Phi) is 9.59. The van der Waals surface area contributed by atoms with E-state index in [-0.39, 0.29) is 18.3 Å². The first-order valence-corrected chi connectivity index (χ1v) is 11.3. The minimum Gasteiger partial charge on any atom is -0.488 e. The van der Waals surface area contributed by atoms with Crippen molar-refractivity contribution in [3.8, 4) is 0 Å². The Morgan fingerprint density at radius 2 is 2.25 bits per heavy atom. The lowest BCUT2D eigenvalue weighted by Gasteiger charge is -2.23. The Hall–Kier alpha value is -1.78. The van der Waals surface area contributed by atoms with Crippen LogP contribution in [0, 0.1) is 5.92 Å². The molecule has 0 bridgehead atoms. The van der Waals surface area contributed by atoms with Crippen molar-refractivity contribution in [3.05, 3.63) is 23.1 Å². The zero-order chi connectivity index (χ0) is 20.4. The first-order chi connectivity index (χ1) is 13.5. The van der Waals surface area contributed by atoms with E-state index in [0.29, 0.717) is 31.6 Å². The van der Waals surface area contributed by atoms with E-state index in [1.807, 2.05) is 0 Å². The van der Waals surface area contributed by atoms with Crippen LogP contribution in [0.3, 0.4) is 0 Å². The molecule has 1 aliphatic heterocycles. The molecule has 0 saturated heterocycles. The standard InChI is InChI=1S/C18H24N2O6S2/c1-25-6-7-27-28-11-16(18(23)24)20-17(22)10-26-13-2-3-15-14(8-13)12(9-21)4-5-19-15/h5,8-9,12,16H,2-4,6-7,10-11H2,1H3,(H,20,22)(H,23,24). The van der Waals surface area contributed by atoms with Crippen molar-refractivity contribution in [2.45, 2.75) is 25.3 Å². The van der Waals surface area contributed by atoms with E-state index < -0.39 is 17.9 Å². The number of hydrogen-bond donors (Lipinski definition) is 2. The maximum absolute atomic E-state index is 12.1. The zero-order valence-corrected chi connectivity index (χ0v) is 17.2. The van der Waals surface area contributed by atoms with Gasteiger partial charge in [-0.2, -0.15) is 0 Å². The molecule has 0 saturated carbocycles. The van der Waals surface area contributed by atoms with Gasteiger partial charge in [0.1, 0.15) is 12.3 Å². The van der Waals surface area contributed by atoms with Crippen LogP contribution >= 0.6 is 21.6 Å². The molecule has 0 fully saturated rings. The second-order valence-electron chi connectivity index (χ2n) is 6.15. The highest BCUT2D eigenvalue weighted by atomic mass is 33.1. The molecule has 1 heterocycles. The van der Waals surface area contributed by atoms with Gasteiger partial charge in [0.25, 0.3) is 5.91 Å². The second-order valence-corrected chi connectivity index (χ2v) is 8.78. The van der Waals surface area contributed by atoms with E-state index >= 15 is 0 Å². The molecule has 0 aromatic carbocycles. The van der Waals surface area contributed by atoms with Crippen molar-refractivity contribution in [2.75, 3.05) is 31.8 Å². The van der Waals surface area contributed by atoms with Crippen LogP contribution in [0.5, 0.6) is 0 Å². The average molecular weight is 429 g/mol. The number of ether oxygens (including phenoxy) is 2. The number of aliphatic imine (C=N–C) groups is 1. The molecule has 10 heteroatoms. The second kappa shape index (κ2) is 11.9. The van der Waals surface area contributed by atoms with Crippen molar-refractivity contribution >= 4 is 46.0 Å². The molecule has 0 aromatic rings. The van der Waals surface area contributed by atoms with E-state index in [9.17, 15) is 19.5 Å². The summed E-state index contributed by atoms with van der Waals surface area (Å²) in [5.74, 6) is -0.230. The number of nitrogens with zero attached hydrogens (tertiary/aromatic N) is 1. The van der Waals surface area contributed by atoms with E-state index in [4.69, 9.17) is 9.47 Å². The quantitative estimate of drug-likeness (QED) is 0.275. The summed E-state index contributed by atoms with van der Waals surface area (Å²) in [6.07, 6.45) is 6.22. The summed E-state index contributed by atoms with van der Waals surface area (Å²) in [6, 6.07) is -0.988. The summed E-state index contributed by atoms with van der Waals surface area (Å²) in [7, 11) is 4.46. The maximum atomic E-state index is 12.1. The number of methoxy groups -OCH3 is 1. The number of carbonyl (C=O) groups excluding carboxylic acids is 2.